The monoisotopic (exact) mass is 457 g/mol. The van der Waals surface area contributed by atoms with E-state index >= 15 is 0 Å². The van der Waals surface area contributed by atoms with Crippen molar-refractivity contribution in [3.8, 4) is 6.07 Å². The van der Waals surface area contributed by atoms with Crippen LogP contribution in [0, 0.1) is 23.2 Å². The third-order valence-electron chi connectivity index (χ3n) is 6.08. The fraction of sp³-hybridized carbons (Fsp3) is 0.545. The van der Waals surface area contributed by atoms with Crippen molar-refractivity contribution in [3.63, 3.8) is 0 Å². The Balaban J connectivity index is 1.39. The zero-order chi connectivity index (χ0) is 22.9. The lowest BCUT2D eigenvalue weighted by Gasteiger charge is -2.31. The van der Waals surface area contributed by atoms with E-state index in [2.05, 4.69) is 15.5 Å². The quantitative estimate of drug-likeness (QED) is 0.677. The lowest BCUT2D eigenvalue weighted by atomic mass is 9.95. The molecule has 2 heterocycles. The van der Waals surface area contributed by atoms with Gasteiger partial charge in [-0.2, -0.15) is 14.6 Å². The number of carbonyl (C=O) groups excluding carboxylic acids is 1. The van der Waals surface area contributed by atoms with E-state index in [1.54, 1.807) is 12.1 Å². The highest BCUT2D eigenvalue weighted by Gasteiger charge is 2.36. The van der Waals surface area contributed by atoms with Crippen molar-refractivity contribution in [2.45, 2.75) is 56.4 Å². The summed E-state index contributed by atoms with van der Waals surface area (Å²) in [6.45, 7) is 4.40. The molecule has 170 valence electrons. The van der Waals surface area contributed by atoms with E-state index in [9.17, 15) is 18.5 Å². The molecule has 0 bridgehead atoms. The Morgan fingerprint density at radius 3 is 2.53 bits per heavy atom. The van der Waals surface area contributed by atoms with Gasteiger partial charge >= 0.3 is 0 Å². The van der Waals surface area contributed by atoms with Crippen LogP contribution in [-0.4, -0.2) is 41.9 Å². The summed E-state index contributed by atoms with van der Waals surface area (Å²) in [5.41, 5.74) is 0.122. The lowest BCUT2D eigenvalue weighted by molar-refractivity contribution is -0.127. The topological polar surface area (TPSA) is 129 Å². The van der Waals surface area contributed by atoms with Gasteiger partial charge in [0.15, 0.2) is 5.82 Å². The lowest BCUT2D eigenvalue weighted by Crippen LogP contribution is -2.44. The standard InChI is InChI=1S/C22H27N5O4S/c1-14(2)19(22-25-20(26-31-22)15-7-8-15)24-21(28)16-9-11-27(12-10-16)32(29,30)18-6-4-3-5-17(18)13-23/h3-6,14-16,19H,7-12H2,1-2H3,(H,24,28). The minimum atomic E-state index is -3.79. The van der Waals surface area contributed by atoms with Gasteiger partial charge in [0.2, 0.25) is 21.8 Å². The first kappa shape index (κ1) is 22.4. The molecule has 9 nitrogen and oxygen atoms in total. The second-order valence-electron chi connectivity index (χ2n) is 8.78. The molecule has 1 atom stereocenters. The molecule has 1 amide bonds. The molecule has 10 heteroatoms. The van der Waals surface area contributed by atoms with Crippen LogP contribution in [0.1, 0.15) is 68.8 Å². The molecule has 1 saturated heterocycles. The number of nitrogens with one attached hydrogen (secondary N) is 1. The molecule has 0 radical (unpaired) electrons. The van der Waals surface area contributed by atoms with Crippen molar-refractivity contribution in [1.29, 1.82) is 5.26 Å². The zero-order valence-electron chi connectivity index (χ0n) is 18.2. The number of nitrogens with zero attached hydrogens (tertiary/aromatic N) is 4. The highest BCUT2D eigenvalue weighted by atomic mass is 32.2. The number of piperidine rings is 1. The first-order valence-corrected chi connectivity index (χ1v) is 12.4. The van der Waals surface area contributed by atoms with Crippen LogP contribution in [0.3, 0.4) is 0 Å². The number of hydrogen-bond donors (Lipinski definition) is 1. The summed E-state index contributed by atoms with van der Waals surface area (Å²) in [4.78, 5) is 17.4. The SMILES string of the molecule is CC(C)C(NC(=O)C1CCN(S(=O)(=O)c2ccccc2C#N)CC1)c1nc(C2CC2)no1. The van der Waals surface area contributed by atoms with E-state index in [1.807, 2.05) is 19.9 Å². The maximum atomic E-state index is 13.0. The van der Waals surface area contributed by atoms with Gasteiger partial charge in [0.1, 0.15) is 12.1 Å². The van der Waals surface area contributed by atoms with Gasteiger partial charge in [0.25, 0.3) is 0 Å². The number of amides is 1. The molecule has 2 fully saturated rings. The fourth-order valence-electron chi connectivity index (χ4n) is 3.95. The van der Waals surface area contributed by atoms with Gasteiger partial charge in [-0.05, 0) is 43.7 Å². The average Bonchev–Trinajstić information content (AvgIpc) is 3.54. The Labute approximate surface area is 187 Å². The molecule has 1 unspecified atom stereocenters. The summed E-state index contributed by atoms with van der Waals surface area (Å²) in [6.07, 6.45) is 2.94. The first-order chi connectivity index (χ1) is 15.3. The van der Waals surface area contributed by atoms with Gasteiger partial charge in [0.05, 0.1) is 10.5 Å². The minimum Gasteiger partial charge on any atom is -0.344 e. The van der Waals surface area contributed by atoms with Gasteiger partial charge < -0.3 is 9.84 Å². The predicted octanol–water partition coefficient (Wildman–Crippen LogP) is 2.73. The van der Waals surface area contributed by atoms with Crippen LogP contribution in [0.4, 0.5) is 0 Å². The molecule has 1 aliphatic carbocycles. The predicted molar refractivity (Wildman–Crippen MR) is 115 cm³/mol. The van der Waals surface area contributed by atoms with Gasteiger partial charge in [-0.3, -0.25) is 4.79 Å². The van der Waals surface area contributed by atoms with E-state index in [-0.39, 0.29) is 47.3 Å². The highest BCUT2D eigenvalue weighted by Crippen LogP contribution is 2.38. The molecular formula is C22H27N5O4S. The number of benzene rings is 1. The Morgan fingerprint density at radius 2 is 1.91 bits per heavy atom. The van der Waals surface area contributed by atoms with Crippen LogP contribution in [-0.2, 0) is 14.8 Å². The van der Waals surface area contributed by atoms with Crippen LogP contribution in [0.2, 0.25) is 0 Å². The number of nitriles is 1. The van der Waals surface area contributed by atoms with Crippen LogP contribution < -0.4 is 5.32 Å². The van der Waals surface area contributed by atoms with Gasteiger partial charge in [-0.15, -0.1) is 0 Å². The first-order valence-electron chi connectivity index (χ1n) is 10.9. The Kier molecular flexibility index (Phi) is 6.31. The Hall–Kier alpha value is -2.77. The van der Waals surface area contributed by atoms with Crippen molar-refractivity contribution >= 4 is 15.9 Å². The maximum Gasteiger partial charge on any atom is 0.249 e. The number of rotatable bonds is 7. The number of sulfonamides is 1. The molecule has 1 aromatic carbocycles. The summed E-state index contributed by atoms with van der Waals surface area (Å²) in [5, 5.41) is 16.3. The van der Waals surface area contributed by atoms with Crippen LogP contribution in [0.5, 0.6) is 0 Å². The molecule has 32 heavy (non-hydrogen) atoms. The summed E-state index contributed by atoms with van der Waals surface area (Å²) < 4.78 is 32.8. The van der Waals surface area contributed by atoms with E-state index < -0.39 is 10.0 Å². The van der Waals surface area contributed by atoms with Crippen molar-refractivity contribution in [2.24, 2.45) is 11.8 Å². The summed E-state index contributed by atoms with van der Waals surface area (Å²) >= 11 is 0. The van der Waals surface area contributed by atoms with Crippen molar-refractivity contribution in [1.82, 2.24) is 19.8 Å². The van der Waals surface area contributed by atoms with Crippen LogP contribution in [0.15, 0.2) is 33.7 Å². The minimum absolute atomic E-state index is 0.00753. The number of hydrogen-bond acceptors (Lipinski definition) is 7. The van der Waals surface area contributed by atoms with Gasteiger partial charge in [0, 0.05) is 24.9 Å². The van der Waals surface area contributed by atoms with E-state index in [0.717, 1.165) is 12.8 Å². The molecule has 1 saturated carbocycles. The molecule has 1 aromatic heterocycles. The van der Waals surface area contributed by atoms with Crippen molar-refractivity contribution in [3.05, 3.63) is 41.5 Å². The summed E-state index contributed by atoms with van der Waals surface area (Å²) in [5.74, 6) is 1.12. The van der Waals surface area contributed by atoms with Crippen LogP contribution >= 0.6 is 0 Å². The molecule has 0 spiro atoms. The molecule has 2 aliphatic rings. The summed E-state index contributed by atoms with van der Waals surface area (Å²) in [6, 6.07) is 7.73. The molecular weight excluding hydrogens is 430 g/mol. The molecule has 1 aliphatic heterocycles. The van der Waals surface area contributed by atoms with Gasteiger partial charge in [-0.25, -0.2) is 8.42 Å². The largest absolute Gasteiger partial charge is 0.344 e. The average molecular weight is 458 g/mol. The van der Waals surface area contributed by atoms with Crippen molar-refractivity contribution < 1.29 is 17.7 Å². The molecule has 4 rings (SSSR count). The van der Waals surface area contributed by atoms with Gasteiger partial charge in [-0.1, -0.05) is 31.1 Å². The zero-order valence-corrected chi connectivity index (χ0v) is 19.0. The van der Waals surface area contributed by atoms with E-state index in [0.29, 0.717) is 30.5 Å². The fourth-order valence-corrected chi connectivity index (χ4v) is 5.56. The molecule has 2 aromatic rings. The third-order valence-corrected chi connectivity index (χ3v) is 8.04. The second kappa shape index (κ2) is 9.00. The Bertz CT molecular complexity index is 1130. The number of aromatic nitrogens is 2. The van der Waals surface area contributed by atoms with E-state index in [4.69, 9.17) is 4.52 Å². The number of carbonyl (C=O) groups is 1. The maximum absolute atomic E-state index is 13.0. The highest BCUT2D eigenvalue weighted by molar-refractivity contribution is 7.89. The van der Waals surface area contributed by atoms with Crippen LogP contribution in [0.25, 0.3) is 0 Å². The smallest absolute Gasteiger partial charge is 0.249 e. The van der Waals surface area contributed by atoms with E-state index in [1.165, 1.54) is 16.4 Å². The summed E-state index contributed by atoms with van der Waals surface area (Å²) in [7, 11) is -3.79. The van der Waals surface area contributed by atoms with Crippen molar-refractivity contribution in [2.75, 3.05) is 13.1 Å². The second-order valence-corrected chi connectivity index (χ2v) is 10.7. The Morgan fingerprint density at radius 1 is 1.22 bits per heavy atom. The third kappa shape index (κ3) is 4.54. The normalized spacial score (nSPS) is 18.9. The molecule has 1 N–H and O–H groups in total.